The van der Waals surface area contributed by atoms with E-state index < -0.39 is 40.9 Å². The van der Waals surface area contributed by atoms with E-state index in [1.807, 2.05) is 0 Å². The standard InChI is InChI=1S/C17H14F6N6OS/c1-3-31-15-12(27-10-7-25-6-9(29(10)15)17(21,22)23)14(30)28-11-8(16(18,19)20)4-5-26-13(11)24-2/h4-7H,3H2,1-2H3,(H,24,26)(H,28,30). The van der Waals surface area contributed by atoms with Gasteiger partial charge >= 0.3 is 12.4 Å². The van der Waals surface area contributed by atoms with Gasteiger partial charge in [0.25, 0.3) is 5.91 Å². The van der Waals surface area contributed by atoms with E-state index >= 15 is 0 Å². The Kier molecular flexibility index (Phi) is 6.02. The second-order valence-corrected chi connectivity index (χ2v) is 7.22. The van der Waals surface area contributed by atoms with Crippen LogP contribution in [0.4, 0.5) is 37.8 Å². The fourth-order valence-electron chi connectivity index (χ4n) is 2.78. The van der Waals surface area contributed by atoms with Crippen molar-refractivity contribution in [2.24, 2.45) is 0 Å². The summed E-state index contributed by atoms with van der Waals surface area (Å²) in [5.41, 5.74) is -3.75. The maximum atomic E-state index is 13.4. The number of alkyl halides is 6. The molecule has 166 valence electrons. The number of aromatic nitrogens is 4. The molecule has 0 aliphatic carbocycles. The van der Waals surface area contributed by atoms with Crippen molar-refractivity contribution in [3.8, 4) is 0 Å². The maximum Gasteiger partial charge on any atom is 0.433 e. The van der Waals surface area contributed by atoms with Crippen LogP contribution in [0.5, 0.6) is 0 Å². The average Bonchev–Trinajstić information content (AvgIpc) is 3.05. The SMILES string of the molecule is CCSc1c(C(=O)Nc2c(C(F)(F)F)ccnc2NC)nc2cncc(C(F)(F)F)n12. The normalized spacial score (nSPS) is 12.3. The van der Waals surface area contributed by atoms with Gasteiger partial charge in [-0.25, -0.2) is 9.97 Å². The maximum absolute atomic E-state index is 13.4. The highest BCUT2D eigenvalue weighted by Gasteiger charge is 2.38. The van der Waals surface area contributed by atoms with Crippen molar-refractivity contribution < 1.29 is 31.1 Å². The molecule has 0 bridgehead atoms. The number of hydrogen-bond donors (Lipinski definition) is 2. The molecular weight excluding hydrogens is 450 g/mol. The smallest absolute Gasteiger partial charge is 0.371 e. The topological polar surface area (TPSA) is 84.2 Å². The van der Waals surface area contributed by atoms with Crippen molar-refractivity contribution in [3.63, 3.8) is 0 Å². The van der Waals surface area contributed by atoms with Crippen molar-refractivity contribution in [3.05, 3.63) is 41.6 Å². The molecule has 0 fully saturated rings. The molecule has 0 atom stereocenters. The number of rotatable bonds is 5. The van der Waals surface area contributed by atoms with Crippen LogP contribution in [0.3, 0.4) is 0 Å². The quantitative estimate of drug-likeness (QED) is 0.425. The molecule has 31 heavy (non-hydrogen) atoms. The minimum Gasteiger partial charge on any atom is -0.371 e. The Labute approximate surface area is 175 Å². The van der Waals surface area contributed by atoms with E-state index in [9.17, 15) is 31.1 Å². The van der Waals surface area contributed by atoms with E-state index in [2.05, 4.69) is 25.6 Å². The molecule has 3 heterocycles. The highest BCUT2D eigenvalue weighted by molar-refractivity contribution is 7.99. The van der Waals surface area contributed by atoms with Crippen LogP contribution in [0.25, 0.3) is 5.65 Å². The number of anilines is 2. The first-order valence-electron chi connectivity index (χ1n) is 8.60. The predicted octanol–water partition coefficient (Wildman–Crippen LogP) is 4.57. The molecule has 14 heteroatoms. The number of imidazole rings is 1. The fourth-order valence-corrected chi connectivity index (χ4v) is 3.65. The molecule has 2 N–H and O–H groups in total. The van der Waals surface area contributed by atoms with Crippen LogP contribution in [-0.2, 0) is 12.4 Å². The monoisotopic (exact) mass is 464 g/mol. The number of carbonyl (C=O) groups excluding carboxylic acids is 1. The van der Waals surface area contributed by atoms with E-state index in [0.717, 1.165) is 24.2 Å². The average molecular weight is 464 g/mol. The largest absolute Gasteiger partial charge is 0.433 e. The molecule has 3 aromatic heterocycles. The zero-order valence-corrected chi connectivity index (χ0v) is 16.7. The molecule has 3 aromatic rings. The van der Waals surface area contributed by atoms with Crippen molar-refractivity contribution in [2.75, 3.05) is 23.4 Å². The van der Waals surface area contributed by atoms with Crippen molar-refractivity contribution in [1.82, 2.24) is 19.4 Å². The Morgan fingerprint density at radius 1 is 1.16 bits per heavy atom. The molecule has 0 aliphatic rings. The van der Waals surface area contributed by atoms with Crippen LogP contribution in [0.1, 0.15) is 28.7 Å². The Morgan fingerprint density at radius 3 is 2.45 bits per heavy atom. The summed E-state index contributed by atoms with van der Waals surface area (Å²) in [7, 11) is 1.31. The lowest BCUT2D eigenvalue weighted by molar-refractivity contribution is -0.142. The number of thioether (sulfide) groups is 1. The molecular formula is C17H14F6N6OS. The van der Waals surface area contributed by atoms with Crippen LogP contribution in [0.15, 0.2) is 29.7 Å². The Balaban J connectivity index is 2.16. The lowest BCUT2D eigenvalue weighted by Crippen LogP contribution is -2.20. The summed E-state index contributed by atoms with van der Waals surface area (Å²) in [6, 6.07) is 0.674. The van der Waals surface area contributed by atoms with Crippen LogP contribution in [-0.4, -0.2) is 38.1 Å². The first kappa shape index (κ1) is 22.7. The number of hydrogen-bond acceptors (Lipinski definition) is 6. The molecule has 0 saturated carbocycles. The van der Waals surface area contributed by atoms with E-state index in [-0.39, 0.29) is 22.2 Å². The Bertz CT molecular complexity index is 1130. The van der Waals surface area contributed by atoms with Gasteiger partial charge in [0.05, 0.1) is 23.6 Å². The third-order valence-electron chi connectivity index (χ3n) is 4.01. The van der Waals surface area contributed by atoms with Gasteiger partial charge in [-0.05, 0) is 11.8 Å². The minimum absolute atomic E-state index is 0.173. The van der Waals surface area contributed by atoms with Gasteiger partial charge in [-0.3, -0.25) is 14.2 Å². The van der Waals surface area contributed by atoms with Gasteiger partial charge in [0.1, 0.15) is 16.5 Å². The number of pyridine rings is 1. The number of nitrogens with zero attached hydrogens (tertiary/aromatic N) is 4. The van der Waals surface area contributed by atoms with Crippen molar-refractivity contribution in [1.29, 1.82) is 0 Å². The summed E-state index contributed by atoms with van der Waals surface area (Å²) in [6.07, 6.45) is -7.09. The molecule has 0 radical (unpaired) electrons. The van der Waals surface area contributed by atoms with Crippen LogP contribution in [0.2, 0.25) is 0 Å². The first-order valence-corrected chi connectivity index (χ1v) is 9.59. The lowest BCUT2D eigenvalue weighted by atomic mass is 10.2. The van der Waals surface area contributed by atoms with Gasteiger partial charge in [0, 0.05) is 13.2 Å². The summed E-state index contributed by atoms with van der Waals surface area (Å²) in [5.74, 6) is -1.12. The van der Waals surface area contributed by atoms with Gasteiger partial charge in [0.2, 0.25) is 0 Å². The third kappa shape index (κ3) is 4.38. The van der Waals surface area contributed by atoms with Gasteiger partial charge in [-0.1, -0.05) is 6.92 Å². The Morgan fingerprint density at radius 2 is 1.87 bits per heavy atom. The zero-order valence-electron chi connectivity index (χ0n) is 15.9. The number of nitrogens with one attached hydrogen (secondary N) is 2. The summed E-state index contributed by atoms with van der Waals surface area (Å²) >= 11 is 0.885. The van der Waals surface area contributed by atoms with Crippen LogP contribution in [0, 0.1) is 0 Å². The highest BCUT2D eigenvalue weighted by atomic mass is 32.2. The van der Waals surface area contributed by atoms with Crippen LogP contribution < -0.4 is 10.6 Å². The number of fused-ring (bicyclic) bond motifs is 1. The molecule has 0 unspecified atom stereocenters. The fraction of sp³-hybridized carbons (Fsp3) is 0.294. The van der Waals surface area contributed by atoms with E-state index in [1.165, 1.54) is 7.05 Å². The summed E-state index contributed by atoms with van der Waals surface area (Å²) in [5, 5.41) is 4.37. The minimum atomic E-state index is -4.82. The summed E-state index contributed by atoms with van der Waals surface area (Å²) < 4.78 is 81.2. The Hall–Kier alpha value is -3.03. The second-order valence-electron chi connectivity index (χ2n) is 5.97. The molecule has 0 aromatic carbocycles. The van der Waals surface area contributed by atoms with E-state index in [1.54, 1.807) is 6.92 Å². The summed E-state index contributed by atoms with van der Waals surface area (Å²) in [4.78, 5) is 24.0. The molecule has 0 spiro atoms. The van der Waals surface area contributed by atoms with Crippen molar-refractivity contribution in [2.45, 2.75) is 24.3 Å². The first-order chi connectivity index (χ1) is 14.5. The van der Waals surface area contributed by atoms with Gasteiger partial charge in [-0.2, -0.15) is 26.3 Å². The van der Waals surface area contributed by atoms with Gasteiger partial charge in [-0.15, -0.1) is 11.8 Å². The number of carbonyl (C=O) groups is 1. The number of amides is 1. The molecule has 0 aliphatic heterocycles. The van der Waals surface area contributed by atoms with E-state index in [0.29, 0.717) is 16.7 Å². The summed E-state index contributed by atoms with van der Waals surface area (Å²) in [6.45, 7) is 1.64. The molecule has 3 rings (SSSR count). The molecule has 1 amide bonds. The predicted molar refractivity (Wildman–Crippen MR) is 101 cm³/mol. The zero-order chi connectivity index (χ0) is 23.0. The highest BCUT2D eigenvalue weighted by Crippen LogP contribution is 2.38. The second kappa shape index (κ2) is 8.24. The molecule has 0 saturated heterocycles. The lowest BCUT2D eigenvalue weighted by Gasteiger charge is -2.16. The van der Waals surface area contributed by atoms with Crippen LogP contribution >= 0.6 is 11.8 Å². The molecule has 7 nitrogen and oxygen atoms in total. The van der Waals surface area contributed by atoms with E-state index in [4.69, 9.17) is 0 Å². The van der Waals surface area contributed by atoms with Crippen molar-refractivity contribution >= 4 is 34.8 Å². The van der Waals surface area contributed by atoms with Gasteiger partial charge < -0.3 is 10.6 Å². The third-order valence-corrected chi connectivity index (χ3v) is 4.95. The number of halogens is 6. The van der Waals surface area contributed by atoms with Gasteiger partial charge in [0.15, 0.2) is 11.3 Å².